The second-order valence-electron chi connectivity index (χ2n) is 5.32. The molecule has 3 fully saturated rings. The lowest BCUT2D eigenvalue weighted by atomic mass is 9.85. The average molecular weight is 357 g/mol. The number of nitrogens with zero attached hydrogens (tertiary/aromatic N) is 1. The van der Waals surface area contributed by atoms with Crippen molar-refractivity contribution in [2.75, 3.05) is 6.61 Å². The Hall–Kier alpha value is -0.350. The molecule has 2 bridgehead atoms. The number of hydroxylamine groups is 2. The fourth-order valence-corrected chi connectivity index (χ4v) is 3.69. The van der Waals surface area contributed by atoms with E-state index in [2.05, 4.69) is 9.25 Å². The molecule has 22 heavy (non-hydrogen) atoms. The van der Waals surface area contributed by atoms with Crippen molar-refractivity contribution in [3.05, 3.63) is 0 Å². The molecule has 0 amide bonds. The lowest BCUT2D eigenvalue weighted by Crippen LogP contribution is -2.56. The first-order valence-electron chi connectivity index (χ1n) is 6.51. The molecule has 3 saturated heterocycles. The van der Waals surface area contributed by atoms with E-state index in [1.165, 1.54) is 0 Å². The molecule has 130 valence electrons. The Bertz CT molecular complexity index is 428. The maximum absolute atomic E-state index is 12.8. The summed E-state index contributed by atoms with van der Waals surface area (Å²) in [5.74, 6) is 0. The summed E-state index contributed by atoms with van der Waals surface area (Å²) in [6, 6.07) is 0. The predicted molar refractivity (Wildman–Crippen MR) is 60.1 cm³/mol. The molecular formula is C10H14F6NO4P. The van der Waals surface area contributed by atoms with E-state index in [9.17, 15) is 30.9 Å². The van der Waals surface area contributed by atoms with E-state index in [4.69, 9.17) is 4.52 Å². The Labute approximate surface area is 122 Å². The minimum absolute atomic E-state index is 0.00331. The van der Waals surface area contributed by atoms with Gasteiger partial charge in [-0.2, -0.15) is 35.6 Å². The summed E-state index contributed by atoms with van der Waals surface area (Å²) in [7, 11) is -4.08. The van der Waals surface area contributed by atoms with E-state index in [0.29, 0.717) is 12.8 Å². The quantitative estimate of drug-likeness (QED) is 0.538. The van der Waals surface area contributed by atoms with Crippen molar-refractivity contribution < 1.29 is 44.7 Å². The van der Waals surface area contributed by atoms with Crippen LogP contribution in [0.5, 0.6) is 0 Å². The largest absolute Gasteiger partial charge is 0.512 e. The van der Waals surface area contributed by atoms with Crippen LogP contribution < -0.4 is 0 Å². The lowest BCUT2D eigenvalue weighted by Gasteiger charge is -2.48. The molecule has 0 N–H and O–H groups in total. The molecule has 0 aromatic heterocycles. The molecule has 0 spiro atoms. The van der Waals surface area contributed by atoms with Crippen molar-refractivity contribution in [3.8, 4) is 0 Å². The summed E-state index contributed by atoms with van der Waals surface area (Å²) in [5, 5.41) is 0.0695. The van der Waals surface area contributed by atoms with Crippen LogP contribution in [0.25, 0.3) is 0 Å². The standard InChI is InChI=1S/C10H14F6NO4P/c11-9(12,13)6-8(7-10(14,15)16)4-2-1-3-5-19-22(18)20-17(8)21-22/h1-7H2. The number of alkyl halides is 6. The van der Waals surface area contributed by atoms with Crippen LogP contribution in [0.2, 0.25) is 0 Å². The van der Waals surface area contributed by atoms with Crippen molar-refractivity contribution in [2.24, 2.45) is 0 Å². The van der Waals surface area contributed by atoms with Crippen molar-refractivity contribution in [1.29, 1.82) is 0 Å². The van der Waals surface area contributed by atoms with E-state index >= 15 is 0 Å². The number of phosphoric acid groups is 1. The van der Waals surface area contributed by atoms with E-state index in [1.54, 1.807) is 0 Å². The number of hydrogen-bond acceptors (Lipinski definition) is 5. The summed E-state index contributed by atoms with van der Waals surface area (Å²) in [4.78, 5) is 0. The van der Waals surface area contributed by atoms with Gasteiger partial charge in [0.25, 0.3) is 0 Å². The molecule has 5 nitrogen and oxygen atoms in total. The summed E-state index contributed by atoms with van der Waals surface area (Å²) >= 11 is 0. The third-order valence-electron chi connectivity index (χ3n) is 3.33. The van der Waals surface area contributed by atoms with Gasteiger partial charge in [0.05, 0.1) is 25.0 Å². The second kappa shape index (κ2) is 5.94. The molecule has 0 unspecified atom stereocenters. The monoisotopic (exact) mass is 357 g/mol. The highest BCUT2D eigenvalue weighted by Crippen LogP contribution is 2.64. The van der Waals surface area contributed by atoms with Gasteiger partial charge in [0.1, 0.15) is 0 Å². The highest BCUT2D eigenvalue weighted by Gasteiger charge is 2.61. The van der Waals surface area contributed by atoms with Gasteiger partial charge in [0, 0.05) is 0 Å². The molecule has 0 saturated carbocycles. The highest BCUT2D eigenvalue weighted by molar-refractivity contribution is 7.49. The van der Waals surface area contributed by atoms with Gasteiger partial charge < -0.3 is 0 Å². The topological polar surface area (TPSA) is 48.0 Å². The fraction of sp³-hybridized carbons (Fsp3) is 1.00. The minimum atomic E-state index is -4.87. The zero-order valence-electron chi connectivity index (χ0n) is 11.2. The van der Waals surface area contributed by atoms with Crippen LogP contribution >= 0.6 is 7.82 Å². The predicted octanol–water partition coefficient (Wildman–Crippen LogP) is 4.51. The summed E-state index contributed by atoms with van der Waals surface area (Å²) in [6.45, 7) is -0.00331. The summed E-state index contributed by atoms with van der Waals surface area (Å²) in [6.07, 6.45) is -13.0. The fourth-order valence-electron chi connectivity index (χ4n) is 2.52. The van der Waals surface area contributed by atoms with Crippen molar-refractivity contribution >= 4 is 7.82 Å². The van der Waals surface area contributed by atoms with Gasteiger partial charge in [0.2, 0.25) is 0 Å². The molecule has 12 heteroatoms. The number of fused-ring (bicyclic) bond motifs is 6. The molecule has 0 atom stereocenters. The second-order valence-corrected chi connectivity index (χ2v) is 6.80. The normalized spacial score (nSPS) is 33.1. The van der Waals surface area contributed by atoms with Gasteiger partial charge >= 0.3 is 20.2 Å². The highest BCUT2D eigenvalue weighted by atomic mass is 31.2. The van der Waals surface area contributed by atoms with Crippen LogP contribution in [0.15, 0.2) is 0 Å². The number of hydrogen-bond donors (Lipinski definition) is 0. The van der Waals surface area contributed by atoms with E-state index < -0.39 is 45.0 Å². The van der Waals surface area contributed by atoms with Gasteiger partial charge in [-0.3, -0.25) is 4.52 Å². The first kappa shape index (κ1) is 18.0. The van der Waals surface area contributed by atoms with Crippen LogP contribution in [0.3, 0.4) is 0 Å². The lowest BCUT2D eigenvalue weighted by molar-refractivity contribution is -0.421. The van der Waals surface area contributed by atoms with Crippen LogP contribution in [-0.4, -0.2) is 29.7 Å². The molecule has 3 aliphatic heterocycles. The number of halogens is 6. The Morgan fingerprint density at radius 2 is 1.50 bits per heavy atom. The molecule has 0 radical (unpaired) electrons. The van der Waals surface area contributed by atoms with Crippen LogP contribution in [0, 0.1) is 0 Å². The van der Waals surface area contributed by atoms with Gasteiger partial charge in [-0.25, -0.2) is 4.57 Å². The maximum Gasteiger partial charge on any atom is 0.512 e. The maximum atomic E-state index is 12.8. The zero-order chi connectivity index (χ0) is 16.6. The Morgan fingerprint density at radius 3 is 2.00 bits per heavy atom. The molecule has 0 aromatic rings. The minimum Gasteiger partial charge on any atom is -0.285 e. The van der Waals surface area contributed by atoms with E-state index in [-0.39, 0.29) is 18.3 Å². The zero-order valence-corrected chi connectivity index (χ0v) is 12.1. The Balaban J connectivity index is 2.28. The molecule has 0 aromatic carbocycles. The SMILES string of the molecule is O=P12OCCCCCC(CC(F)(F)F)(CC(F)(F)F)N(O1)O2. The van der Waals surface area contributed by atoms with Gasteiger partial charge in [0.15, 0.2) is 0 Å². The Morgan fingerprint density at radius 1 is 0.955 bits per heavy atom. The average Bonchev–Trinajstić information content (AvgIpc) is 2.25. The van der Waals surface area contributed by atoms with Gasteiger partial charge in [-0.1, -0.05) is 12.8 Å². The first-order chi connectivity index (χ1) is 9.93. The molecule has 0 aliphatic carbocycles. The third kappa shape index (κ3) is 4.58. The van der Waals surface area contributed by atoms with E-state index in [0.717, 1.165) is 0 Å². The van der Waals surface area contributed by atoms with Gasteiger partial charge in [-0.05, 0) is 18.1 Å². The van der Waals surface area contributed by atoms with Crippen LogP contribution in [0.4, 0.5) is 26.3 Å². The third-order valence-corrected chi connectivity index (χ3v) is 4.53. The summed E-state index contributed by atoms with van der Waals surface area (Å²) < 4.78 is 102. The smallest absolute Gasteiger partial charge is 0.285 e. The van der Waals surface area contributed by atoms with Crippen molar-refractivity contribution in [3.63, 3.8) is 0 Å². The molecule has 3 heterocycles. The summed E-state index contributed by atoms with van der Waals surface area (Å²) in [5.41, 5.74) is -2.51. The van der Waals surface area contributed by atoms with Crippen molar-refractivity contribution in [1.82, 2.24) is 5.23 Å². The molecule has 3 rings (SSSR count). The Kier molecular flexibility index (Phi) is 4.86. The molecule has 3 aliphatic rings. The first-order valence-corrected chi connectivity index (χ1v) is 7.97. The van der Waals surface area contributed by atoms with E-state index in [1.807, 2.05) is 0 Å². The van der Waals surface area contributed by atoms with Crippen LogP contribution in [0.1, 0.15) is 38.5 Å². The van der Waals surface area contributed by atoms with Crippen LogP contribution in [-0.2, 0) is 18.3 Å². The number of rotatable bonds is 2. The van der Waals surface area contributed by atoms with Crippen molar-refractivity contribution in [2.45, 2.75) is 56.4 Å². The molecular weight excluding hydrogens is 343 g/mol. The van der Waals surface area contributed by atoms with Gasteiger partial charge in [-0.15, -0.1) is 0 Å².